The highest BCUT2D eigenvalue weighted by Crippen LogP contribution is 2.25. The van der Waals surface area contributed by atoms with E-state index in [9.17, 15) is 9.90 Å². The second-order valence-corrected chi connectivity index (χ2v) is 6.31. The van der Waals surface area contributed by atoms with Crippen molar-refractivity contribution in [2.45, 2.75) is 59.3 Å². The van der Waals surface area contributed by atoms with Gasteiger partial charge in [0.05, 0.1) is 12.2 Å². The Hall–Kier alpha value is -1.35. The number of carbonyl (C=O) groups is 1. The lowest BCUT2D eigenvalue weighted by Gasteiger charge is -2.18. The Labute approximate surface area is 134 Å². The molecule has 0 aliphatic carbocycles. The van der Waals surface area contributed by atoms with Crippen LogP contribution in [0.15, 0.2) is 12.1 Å². The number of ether oxygens (including phenoxy) is 1. The first kappa shape index (κ1) is 18.7. The number of methoxy groups -OCH3 is 1. The van der Waals surface area contributed by atoms with Crippen molar-refractivity contribution in [3.05, 3.63) is 34.4 Å². The average molecular weight is 306 g/mol. The molecular formula is C19H30O3. The molecule has 0 radical (unpaired) electrons. The lowest BCUT2D eigenvalue weighted by molar-refractivity contribution is 0.0695. The molecule has 0 unspecified atom stereocenters. The minimum Gasteiger partial charge on any atom is -0.478 e. The summed E-state index contributed by atoms with van der Waals surface area (Å²) in [6.45, 7) is 7.18. The van der Waals surface area contributed by atoms with E-state index in [1.54, 1.807) is 13.2 Å². The maximum absolute atomic E-state index is 11.5. The zero-order valence-electron chi connectivity index (χ0n) is 14.4. The van der Waals surface area contributed by atoms with Crippen LogP contribution in [-0.2, 0) is 24.0 Å². The molecule has 1 N–H and O–H groups in total. The van der Waals surface area contributed by atoms with Gasteiger partial charge in [-0.05, 0) is 54.4 Å². The van der Waals surface area contributed by atoms with Crippen LogP contribution in [0.4, 0.5) is 0 Å². The quantitative estimate of drug-likeness (QED) is 0.692. The molecule has 0 aliphatic heterocycles. The summed E-state index contributed by atoms with van der Waals surface area (Å²) in [4.78, 5) is 11.5. The SMILES string of the molecule is CCCc1ccc(C(=O)O)c(CCOC)c1CCCC(C)C. The summed E-state index contributed by atoms with van der Waals surface area (Å²) in [6.07, 6.45) is 6.01. The molecule has 3 heteroatoms. The van der Waals surface area contributed by atoms with Crippen molar-refractivity contribution in [3.63, 3.8) is 0 Å². The van der Waals surface area contributed by atoms with Crippen molar-refractivity contribution in [1.82, 2.24) is 0 Å². The van der Waals surface area contributed by atoms with Crippen molar-refractivity contribution in [1.29, 1.82) is 0 Å². The fourth-order valence-corrected chi connectivity index (χ4v) is 2.93. The van der Waals surface area contributed by atoms with Crippen molar-refractivity contribution < 1.29 is 14.6 Å². The van der Waals surface area contributed by atoms with E-state index in [0.717, 1.165) is 31.2 Å². The average Bonchev–Trinajstić information content (AvgIpc) is 2.46. The van der Waals surface area contributed by atoms with Gasteiger partial charge in [0.15, 0.2) is 0 Å². The summed E-state index contributed by atoms with van der Waals surface area (Å²) in [5, 5.41) is 9.48. The monoisotopic (exact) mass is 306 g/mol. The Kier molecular flexibility index (Phi) is 8.18. The van der Waals surface area contributed by atoms with Crippen LogP contribution in [0, 0.1) is 5.92 Å². The van der Waals surface area contributed by atoms with Crippen molar-refractivity contribution in [2.75, 3.05) is 13.7 Å². The maximum atomic E-state index is 11.5. The molecule has 0 aromatic heterocycles. The van der Waals surface area contributed by atoms with Gasteiger partial charge in [-0.25, -0.2) is 4.79 Å². The molecule has 0 heterocycles. The van der Waals surface area contributed by atoms with E-state index in [-0.39, 0.29) is 0 Å². The Balaban J connectivity index is 3.16. The highest BCUT2D eigenvalue weighted by Gasteiger charge is 2.17. The molecule has 0 saturated carbocycles. The lowest BCUT2D eigenvalue weighted by atomic mass is 9.88. The maximum Gasteiger partial charge on any atom is 0.335 e. The summed E-state index contributed by atoms with van der Waals surface area (Å²) in [5.41, 5.74) is 3.97. The van der Waals surface area contributed by atoms with E-state index in [2.05, 4.69) is 20.8 Å². The smallest absolute Gasteiger partial charge is 0.335 e. The van der Waals surface area contributed by atoms with Crippen LogP contribution in [0.5, 0.6) is 0 Å². The second kappa shape index (κ2) is 9.62. The number of aryl methyl sites for hydroxylation is 1. The van der Waals surface area contributed by atoms with Gasteiger partial charge >= 0.3 is 5.97 Å². The molecular weight excluding hydrogens is 276 g/mol. The number of benzene rings is 1. The van der Waals surface area contributed by atoms with Gasteiger partial charge in [-0.2, -0.15) is 0 Å². The number of rotatable bonds is 10. The van der Waals surface area contributed by atoms with E-state index in [4.69, 9.17) is 4.74 Å². The minimum absolute atomic E-state index is 0.441. The molecule has 0 fully saturated rings. The van der Waals surface area contributed by atoms with Gasteiger partial charge < -0.3 is 9.84 Å². The van der Waals surface area contributed by atoms with Crippen molar-refractivity contribution in [2.24, 2.45) is 5.92 Å². The summed E-state index contributed by atoms with van der Waals surface area (Å²) in [5.74, 6) is -0.154. The number of carboxylic acid groups (broad SMARTS) is 1. The third kappa shape index (κ3) is 5.45. The number of aromatic carboxylic acids is 1. The minimum atomic E-state index is -0.834. The van der Waals surface area contributed by atoms with Crippen LogP contribution in [0.1, 0.15) is 67.1 Å². The Bertz CT molecular complexity index is 478. The largest absolute Gasteiger partial charge is 0.478 e. The van der Waals surface area contributed by atoms with E-state index in [0.29, 0.717) is 24.5 Å². The number of carboxylic acids is 1. The van der Waals surface area contributed by atoms with Crippen LogP contribution in [0.3, 0.4) is 0 Å². The number of hydrogen-bond donors (Lipinski definition) is 1. The first-order valence-electron chi connectivity index (χ1n) is 8.37. The third-order valence-electron chi connectivity index (χ3n) is 4.04. The fourth-order valence-electron chi connectivity index (χ4n) is 2.93. The van der Waals surface area contributed by atoms with E-state index < -0.39 is 5.97 Å². The van der Waals surface area contributed by atoms with E-state index in [1.807, 2.05) is 6.07 Å². The van der Waals surface area contributed by atoms with Gasteiger partial charge in [0, 0.05) is 7.11 Å². The molecule has 0 aliphatic rings. The van der Waals surface area contributed by atoms with Crippen LogP contribution in [-0.4, -0.2) is 24.8 Å². The van der Waals surface area contributed by atoms with Crippen LogP contribution in [0.25, 0.3) is 0 Å². The van der Waals surface area contributed by atoms with E-state index >= 15 is 0 Å². The zero-order chi connectivity index (χ0) is 16.5. The van der Waals surface area contributed by atoms with Crippen LogP contribution in [0.2, 0.25) is 0 Å². The normalized spacial score (nSPS) is 11.1. The molecule has 124 valence electrons. The van der Waals surface area contributed by atoms with Gasteiger partial charge in [0.1, 0.15) is 0 Å². The van der Waals surface area contributed by atoms with Crippen molar-refractivity contribution >= 4 is 5.97 Å². The zero-order valence-corrected chi connectivity index (χ0v) is 14.4. The fraction of sp³-hybridized carbons (Fsp3) is 0.632. The predicted octanol–water partition coefficient (Wildman–Crippen LogP) is 4.50. The standard InChI is InChI=1S/C19H30O3/c1-5-7-15-10-11-18(19(20)21)17(12-13-22-4)16(15)9-6-8-14(2)3/h10-11,14H,5-9,12-13H2,1-4H3,(H,20,21). The molecule has 22 heavy (non-hydrogen) atoms. The van der Waals surface area contributed by atoms with Crippen LogP contribution >= 0.6 is 0 Å². The third-order valence-corrected chi connectivity index (χ3v) is 4.04. The summed E-state index contributed by atoms with van der Waals surface area (Å²) in [6, 6.07) is 3.78. The highest BCUT2D eigenvalue weighted by atomic mass is 16.5. The van der Waals surface area contributed by atoms with Crippen molar-refractivity contribution in [3.8, 4) is 0 Å². The second-order valence-electron chi connectivity index (χ2n) is 6.31. The van der Waals surface area contributed by atoms with Gasteiger partial charge in [-0.15, -0.1) is 0 Å². The highest BCUT2D eigenvalue weighted by molar-refractivity contribution is 5.90. The van der Waals surface area contributed by atoms with Crippen LogP contribution < -0.4 is 0 Å². The Morgan fingerprint density at radius 3 is 2.45 bits per heavy atom. The Morgan fingerprint density at radius 2 is 1.91 bits per heavy atom. The molecule has 1 aromatic rings. The molecule has 0 amide bonds. The number of hydrogen-bond acceptors (Lipinski definition) is 2. The predicted molar refractivity (Wildman–Crippen MR) is 90.8 cm³/mol. The summed E-state index contributed by atoms with van der Waals surface area (Å²) >= 11 is 0. The van der Waals surface area contributed by atoms with Gasteiger partial charge in [0.2, 0.25) is 0 Å². The topological polar surface area (TPSA) is 46.5 Å². The van der Waals surface area contributed by atoms with Gasteiger partial charge in [0.25, 0.3) is 0 Å². The molecule has 3 nitrogen and oxygen atoms in total. The summed E-state index contributed by atoms with van der Waals surface area (Å²) < 4.78 is 5.19. The van der Waals surface area contributed by atoms with Gasteiger partial charge in [-0.3, -0.25) is 0 Å². The first-order chi connectivity index (χ1) is 10.5. The van der Waals surface area contributed by atoms with E-state index in [1.165, 1.54) is 17.5 Å². The molecule has 1 rings (SSSR count). The molecule has 1 aromatic carbocycles. The first-order valence-corrected chi connectivity index (χ1v) is 8.37. The van der Waals surface area contributed by atoms with Gasteiger partial charge in [-0.1, -0.05) is 39.7 Å². The molecule has 0 bridgehead atoms. The molecule has 0 atom stereocenters. The summed E-state index contributed by atoms with van der Waals surface area (Å²) in [7, 11) is 1.66. The Morgan fingerprint density at radius 1 is 1.18 bits per heavy atom. The molecule has 0 spiro atoms. The lowest BCUT2D eigenvalue weighted by Crippen LogP contribution is -2.11. The molecule has 0 saturated heterocycles.